The van der Waals surface area contributed by atoms with Crippen molar-refractivity contribution in [2.24, 2.45) is 0 Å². The lowest BCUT2D eigenvalue weighted by Crippen LogP contribution is -2.43. The maximum atomic E-state index is 11.3. The molecule has 0 saturated carbocycles. The van der Waals surface area contributed by atoms with Crippen LogP contribution in [0.3, 0.4) is 0 Å². The van der Waals surface area contributed by atoms with E-state index in [1.54, 1.807) is 6.07 Å². The molecular formula is C12H14N2O6. The van der Waals surface area contributed by atoms with Crippen molar-refractivity contribution in [1.29, 1.82) is 0 Å². The molecule has 1 amide bonds. The van der Waals surface area contributed by atoms with Crippen molar-refractivity contribution in [3.8, 4) is 0 Å². The van der Waals surface area contributed by atoms with Crippen LogP contribution in [0.2, 0.25) is 0 Å². The van der Waals surface area contributed by atoms with Crippen LogP contribution < -0.4 is 5.32 Å². The highest BCUT2D eigenvalue weighted by Gasteiger charge is 2.24. The number of methoxy groups -OCH3 is 1. The second-order valence-corrected chi connectivity index (χ2v) is 3.98. The fraction of sp³-hybridized carbons (Fsp3) is 0.333. The number of nitro benzene ring substituents is 1. The van der Waals surface area contributed by atoms with Crippen molar-refractivity contribution < 1.29 is 24.4 Å². The number of hydrogen-bond donors (Lipinski definition) is 2. The molecule has 1 aromatic rings. The van der Waals surface area contributed by atoms with Gasteiger partial charge in [0.2, 0.25) is 5.91 Å². The number of carbonyl (C=O) groups is 2. The standard InChI is InChI=1S/C12H14N2O6/c1-20-7-11(15)13-9(12(16)17)6-8-4-2-3-5-10(8)14(18)19/h2-5,9H,6-7H2,1H3,(H,13,15)(H,16,17)/t9-/m0/s1. The first-order valence-corrected chi connectivity index (χ1v) is 5.69. The van der Waals surface area contributed by atoms with Crippen molar-refractivity contribution in [1.82, 2.24) is 5.32 Å². The first-order valence-electron chi connectivity index (χ1n) is 5.69. The van der Waals surface area contributed by atoms with Crippen molar-refractivity contribution in [2.45, 2.75) is 12.5 Å². The van der Waals surface area contributed by atoms with Crippen molar-refractivity contribution in [3.63, 3.8) is 0 Å². The van der Waals surface area contributed by atoms with E-state index >= 15 is 0 Å². The predicted octanol–water partition coefficient (Wildman–Crippen LogP) is 0.353. The van der Waals surface area contributed by atoms with Gasteiger partial charge in [-0.25, -0.2) is 4.79 Å². The summed E-state index contributed by atoms with van der Waals surface area (Å²) in [5, 5.41) is 22.2. The van der Waals surface area contributed by atoms with E-state index in [-0.39, 0.29) is 24.3 Å². The van der Waals surface area contributed by atoms with Gasteiger partial charge < -0.3 is 15.2 Å². The Bertz CT molecular complexity index is 516. The monoisotopic (exact) mass is 282 g/mol. The van der Waals surface area contributed by atoms with Gasteiger partial charge in [-0.2, -0.15) is 0 Å². The third kappa shape index (κ3) is 4.32. The summed E-state index contributed by atoms with van der Waals surface area (Å²) in [4.78, 5) is 32.7. The lowest BCUT2D eigenvalue weighted by atomic mass is 10.0. The molecule has 0 radical (unpaired) electrons. The molecular weight excluding hydrogens is 268 g/mol. The highest BCUT2D eigenvalue weighted by molar-refractivity contribution is 5.84. The second-order valence-electron chi connectivity index (χ2n) is 3.98. The molecule has 0 heterocycles. The minimum Gasteiger partial charge on any atom is -0.480 e. The van der Waals surface area contributed by atoms with E-state index in [0.717, 1.165) is 0 Å². The van der Waals surface area contributed by atoms with E-state index in [9.17, 15) is 19.7 Å². The highest BCUT2D eigenvalue weighted by atomic mass is 16.6. The molecule has 0 unspecified atom stereocenters. The third-order valence-corrected chi connectivity index (χ3v) is 2.52. The Morgan fingerprint density at radius 1 is 1.45 bits per heavy atom. The molecule has 1 atom stereocenters. The van der Waals surface area contributed by atoms with Gasteiger partial charge in [-0.1, -0.05) is 18.2 Å². The number of nitrogens with zero attached hydrogens (tertiary/aromatic N) is 1. The lowest BCUT2D eigenvalue weighted by molar-refractivity contribution is -0.385. The summed E-state index contributed by atoms with van der Waals surface area (Å²) >= 11 is 0. The van der Waals surface area contributed by atoms with E-state index < -0.39 is 22.8 Å². The van der Waals surface area contributed by atoms with Gasteiger partial charge in [0.25, 0.3) is 5.69 Å². The number of para-hydroxylation sites is 1. The number of aliphatic carboxylic acids is 1. The summed E-state index contributed by atoms with van der Waals surface area (Å²) in [5.74, 6) is -1.87. The van der Waals surface area contributed by atoms with Gasteiger partial charge in [0.05, 0.1) is 4.92 Å². The maximum absolute atomic E-state index is 11.3. The number of carboxylic acids is 1. The van der Waals surface area contributed by atoms with Crippen LogP contribution in [0.4, 0.5) is 5.69 Å². The average molecular weight is 282 g/mol. The summed E-state index contributed by atoms with van der Waals surface area (Å²) < 4.78 is 4.58. The maximum Gasteiger partial charge on any atom is 0.326 e. The Balaban J connectivity index is 2.89. The van der Waals surface area contributed by atoms with Crippen molar-refractivity contribution in [3.05, 3.63) is 39.9 Å². The molecule has 0 bridgehead atoms. The Hall–Kier alpha value is -2.48. The van der Waals surface area contributed by atoms with Gasteiger partial charge in [-0.05, 0) is 0 Å². The number of nitrogens with one attached hydrogen (secondary N) is 1. The van der Waals surface area contributed by atoms with Gasteiger partial charge in [-0.3, -0.25) is 14.9 Å². The number of ether oxygens (including phenoxy) is 1. The van der Waals surface area contributed by atoms with E-state index in [4.69, 9.17) is 5.11 Å². The molecule has 0 fully saturated rings. The largest absolute Gasteiger partial charge is 0.480 e. The van der Waals surface area contributed by atoms with Gasteiger partial charge >= 0.3 is 5.97 Å². The van der Waals surface area contributed by atoms with Gasteiger partial charge in [0, 0.05) is 25.2 Å². The molecule has 8 nitrogen and oxygen atoms in total. The van der Waals surface area contributed by atoms with E-state index in [0.29, 0.717) is 0 Å². The average Bonchev–Trinajstić information content (AvgIpc) is 2.38. The van der Waals surface area contributed by atoms with E-state index in [1.165, 1.54) is 25.3 Å². The molecule has 2 N–H and O–H groups in total. The predicted molar refractivity (Wildman–Crippen MR) is 68.2 cm³/mol. The summed E-state index contributed by atoms with van der Waals surface area (Å²) in [6, 6.07) is 4.54. The zero-order valence-electron chi connectivity index (χ0n) is 10.7. The fourth-order valence-electron chi connectivity index (χ4n) is 1.65. The number of carboxylic acid groups (broad SMARTS) is 1. The first-order chi connectivity index (χ1) is 9.45. The quantitative estimate of drug-likeness (QED) is 0.550. The second kappa shape index (κ2) is 7.19. The highest BCUT2D eigenvalue weighted by Crippen LogP contribution is 2.19. The van der Waals surface area contributed by atoms with Crippen LogP contribution in [0.5, 0.6) is 0 Å². The van der Waals surface area contributed by atoms with Crippen LogP contribution in [0.25, 0.3) is 0 Å². The Morgan fingerprint density at radius 2 is 2.10 bits per heavy atom. The summed E-state index contributed by atoms with van der Waals surface area (Å²) in [5.41, 5.74) is 0.0577. The minimum atomic E-state index is -1.27. The van der Waals surface area contributed by atoms with Crippen LogP contribution in [-0.4, -0.2) is 41.7 Å². The third-order valence-electron chi connectivity index (χ3n) is 2.52. The summed E-state index contributed by atoms with van der Waals surface area (Å²) in [7, 11) is 1.30. The van der Waals surface area contributed by atoms with E-state index in [2.05, 4.69) is 10.1 Å². The summed E-state index contributed by atoms with van der Waals surface area (Å²) in [6.07, 6.45) is -0.179. The molecule has 0 aliphatic rings. The molecule has 0 spiro atoms. The van der Waals surface area contributed by atoms with Gasteiger partial charge in [-0.15, -0.1) is 0 Å². The van der Waals surface area contributed by atoms with Crippen LogP contribution >= 0.6 is 0 Å². The molecule has 1 rings (SSSR count). The first kappa shape index (κ1) is 15.6. The van der Waals surface area contributed by atoms with E-state index in [1.807, 2.05) is 0 Å². The SMILES string of the molecule is COCC(=O)N[C@@H](Cc1ccccc1[N+](=O)[O-])C(=O)O. The number of carbonyl (C=O) groups excluding carboxylic acids is 1. The molecule has 0 aliphatic heterocycles. The molecule has 1 aromatic carbocycles. The van der Waals surface area contributed by atoms with Gasteiger partial charge in [0.1, 0.15) is 12.6 Å². The Labute approximate surface area is 114 Å². The zero-order valence-corrected chi connectivity index (χ0v) is 10.7. The molecule has 0 aromatic heterocycles. The lowest BCUT2D eigenvalue weighted by Gasteiger charge is -2.14. The number of nitro groups is 1. The molecule has 0 aliphatic carbocycles. The van der Waals surface area contributed by atoms with Crippen LogP contribution in [-0.2, 0) is 20.7 Å². The van der Waals surface area contributed by atoms with Crippen LogP contribution in [0, 0.1) is 10.1 Å². The van der Waals surface area contributed by atoms with Gasteiger partial charge in [0.15, 0.2) is 0 Å². The number of benzene rings is 1. The smallest absolute Gasteiger partial charge is 0.326 e. The topological polar surface area (TPSA) is 119 Å². The molecule has 20 heavy (non-hydrogen) atoms. The number of amides is 1. The van der Waals surface area contributed by atoms with Crippen LogP contribution in [0.15, 0.2) is 24.3 Å². The number of rotatable bonds is 7. The van der Waals surface area contributed by atoms with Crippen molar-refractivity contribution >= 4 is 17.6 Å². The van der Waals surface area contributed by atoms with Crippen LogP contribution in [0.1, 0.15) is 5.56 Å². The fourth-order valence-corrected chi connectivity index (χ4v) is 1.65. The number of hydrogen-bond acceptors (Lipinski definition) is 5. The Morgan fingerprint density at radius 3 is 2.65 bits per heavy atom. The molecule has 8 heteroatoms. The minimum absolute atomic E-state index is 0.179. The molecule has 108 valence electrons. The zero-order chi connectivity index (χ0) is 15.1. The van der Waals surface area contributed by atoms with Crippen molar-refractivity contribution in [2.75, 3.05) is 13.7 Å². The molecule has 0 saturated heterocycles. The Kier molecular flexibility index (Phi) is 5.60. The summed E-state index contributed by atoms with van der Waals surface area (Å²) in [6.45, 7) is -0.277. The normalized spacial score (nSPS) is 11.7.